The van der Waals surface area contributed by atoms with E-state index in [1.54, 1.807) is 0 Å². The molecule has 15 aromatic rings. The van der Waals surface area contributed by atoms with Crippen LogP contribution in [0.15, 0.2) is 261 Å². The van der Waals surface area contributed by atoms with Gasteiger partial charge in [-0.1, -0.05) is 211 Å². The number of aromatic nitrogens is 5. The van der Waals surface area contributed by atoms with Gasteiger partial charge in [-0.25, -0.2) is 9.97 Å². The van der Waals surface area contributed by atoms with Crippen LogP contribution in [-0.4, -0.2) is 23.7 Å². The van der Waals surface area contributed by atoms with Gasteiger partial charge in [-0.05, 0) is 124 Å². The molecule has 5 heteroatoms. The third-order valence-electron chi connectivity index (χ3n) is 16.9. The summed E-state index contributed by atoms with van der Waals surface area (Å²) in [5.41, 5.74) is 21.6. The molecule has 0 fully saturated rings. The van der Waals surface area contributed by atoms with Crippen molar-refractivity contribution in [1.29, 1.82) is 0 Å². The van der Waals surface area contributed by atoms with E-state index in [1.807, 2.05) is 6.07 Å². The zero-order valence-electron chi connectivity index (χ0n) is 47.6. The van der Waals surface area contributed by atoms with Crippen molar-refractivity contribution in [2.45, 2.75) is 52.4 Å². The Labute approximate surface area is 484 Å². The minimum Gasteiger partial charge on any atom is -0.309 e. The summed E-state index contributed by atoms with van der Waals surface area (Å²) in [6, 6.07) is 95.7. The van der Waals surface area contributed by atoms with Crippen LogP contribution in [0.4, 0.5) is 0 Å². The van der Waals surface area contributed by atoms with Crippen LogP contribution in [0.25, 0.3) is 139 Å². The standard InChI is InChI=1S/C78H61N5/c1-77(2,3)55-39-41-73-65(47-55)66-48-56(78(4,5)6)40-42-74(66)83(73)75-63(52-27-21-29-57(43-52)81-69-35-17-13-31-59(69)60-32-14-18-36-70(60)81)45-54(68-49-67(50-23-9-7-10-24-50)79-76(80-68)51-25-11-8-12-26-51)46-64(75)53-28-22-30-58(44-53)82-71-37-19-15-33-61(71)62-34-16-20-38-72(62)82/h7-49H,1-6H3. The number of nitrogens with zero attached hydrogens (tertiary/aromatic N) is 5. The van der Waals surface area contributed by atoms with Crippen molar-refractivity contribution in [3.05, 3.63) is 272 Å². The third-order valence-corrected chi connectivity index (χ3v) is 16.9. The van der Waals surface area contributed by atoms with Gasteiger partial charge >= 0.3 is 0 Å². The lowest BCUT2D eigenvalue weighted by molar-refractivity contribution is 0.590. The van der Waals surface area contributed by atoms with Gasteiger partial charge in [-0.15, -0.1) is 0 Å². The summed E-state index contributed by atoms with van der Waals surface area (Å²) in [6.45, 7) is 13.9. The molecule has 5 nitrogen and oxygen atoms in total. The van der Waals surface area contributed by atoms with Gasteiger partial charge in [0, 0.05) is 71.5 Å². The second-order valence-corrected chi connectivity index (χ2v) is 24.3. The van der Waals surface area contributed by atoms with Gasteiger partial charge in [0.05, 0.1) is 50.2 Å². The first-order chi connectivity index (χ1) is 40.4. The molecular formula is C78H61N5. The molecule has 0 unspecified atom stereocenters. The normalized spacial score (nSPS) is 12.2. The average Bonchev–Trinajstić information content (AvgIpc) is 3.97. The number of fused-ring (bicyclic) bond motifs is 9. The maximum absolute atomic E-state index is 5.55. The molecule has 0 saturated heterocycles. The van der Waals surface area contributed by atoms with E-state index in [4.69, 9.17) is 9.97 Å². The molecule has 4 heterocycles. The predicted molar refractivity (Wildman–Crippen MR) is 350 cm³/mol. The van der Waals surface area contributed by atoms with E-state index >= 15 is 0 Å². The predicted octanol–water partition coefficient (Wildman–Crippen LogP) is 20.7. The summed E-state index contributed by atoms with van der Waals surface area (Å²) in [4.78, 5) is 10.8. The number of para-hydroxylation sites is 4. The van der Waals surface area contributed by atoms with Crippen molar-refractivity contribution in [3.63, 3.8) is 0 Å². The maximum atomic E-state index is 5.55. The van der Waals surface area contributed by atoms with E-state index in [0.717, 1.165) is 100 Å². The first kappa shape index (κ1) is 49.9. The van der Waals surface area contributed by atoms with Gasteiger partial charge in [0.15, 0.2) is 5.82 Å². The zero-order chi connectivity index (χ0) is 56.1. The highest BCUT2D eigenvalue weighted by molar-refractivity contribution is 6.13. The molecule has 0 aliphatic carbocycles. The SMILES string of the molecule is CC(C)(C)c1ccc2c(c1)c1cc(C(C)(C)C)ccc1n2-c1c(-c2cccc(-n3c4ccccc4c4ccccc43)c2)cc(-c2cc(-c3ccccc3)nc(-c3ccccc3)n2)cc1-c1cccc(-n2c3ccccc3c3ccccc32)c1. The van der Waals surface area contributed by atoms with Crippen molar-refractivity contribution >= 4 is 65.4 Å². The van der Waals surface area contributed by atoms with Crippen LogP contribution in [0.2, 0.25) is 0 Å². The second-order valence-electron chi connectivity index (χ2n) is 24.3. The first-order valence-corrected chi connectivity index (χ1v) is 28.9. The quantitative estimate of drug-likeness (QED) is 0.152. The van der Waals surface area contributed by atoms with Crippen LogP contribution < -0.4 is 0 Å². The van der Waals surface area contributed by atoms with E-state index in [-0.39, 0.29) is 10.8 Å². The molecule has 0 atom stereocenters. The van der Waals surface area contributed by atoms with Crippen LogP contribution in [0.1, 0.15) is 52.7 Å². The summed E-state index contributed by atoms with van der Waals surface area (Å²) in [5.74, 6) is 0.669. The van der Waals surface area contributed by atoms with Gasteiger partial charge in [-0.2, -0.15) is 0 Å². The van der Waals surface area contributed by atoms with Gasteiger partial charge < -0.3 is 13.7 Å². The van der Waals surface area contributed by atoms with Gasteiger partial charge in [0.1, 0.15) is 0 Å². The highest BCUT2D eigenvalue weighted by Gasteiger charge is 2.27. The van der Waals surface area contributed by atoms with Gasteiger partial charge in [0.2, 0.25) is 0 Å². The molecule has 0 amide bonds. The van der Waals surface area contributed by atoms with Crippen LogP contribution in [-0.2, 0) is 10.8 Å². The Kier molecular flexibility index (Phi) is 11.6. The lowest BCUT2D eigenvalue weighted by Crippen LogP contribution is -2.10. The largest absolute Gasteiger partial charge is 0.309 e. The van der Waals surface area contributed by atoms with E-state index in [9.17, 15) is 0 Å². The number of hydrogen-bond donors (Lipinski definition) is 0. The van der Waals surface area contributed by atoms with Gasteiger partial charge in [-0.3, -0.25) is 0 Å². The van der Waals surface area contributed by atoms with Crippen LogP contribution in [0.3, 0.4) is 0 Å². The van der Waals surface area contributed by atoms with E-state index in [0.29, 0.717) is 5.82 Å². The molecule has 0 aliphatic heterocycles. The highest BCUT2D eigenvalue weighted by Crippen LogP contribution is 2.47. The fraction of sp³-hybridized carbons (Fsp3) is 0.103. The molecular weight excluding hydrogens is 1010 g/mol. The van der Waals surface area contributed by atoms with Crippen LogP contribution >= 0.6 is 0 Å². The summed E-state index contributed by atoms with van der Waals surface area (Å²) in [6.07, 6.45) is 0. The molecule has 83 heavy (non-hydrogen) atoms. The molecule has 0 radical (unpaired) electrons. The van der Waals surface area contributed by atoms with Crippen molar-refractivity contribution in [2.24, 2.45) is 0 Å². The molecule has 0 saturated carbocycles. The van der Waals surface area contributed by atoms with Gasteiger partial charge in [0.25, 0.3) is 0 Å². The lowest BCUT2D eigenvalue weighted by Gasteiger charge is -2.23. The number of benzene rings is 11. The first-order valence-electron chi connectivity index (χ1n) is 28.9. The lowest BCUT2D eigenvalue weighted by atomic mass is 9.85. The molecule has 11 aromatic carbocycles. The summed E-state index contributed by atoms with van der Waals surface area (Å²) in [7, 11) is 0. The summed E-state index contributed by atoms with van der Waals surface area (Å²) < 4.78 is 7.43. The van der Waals surface area contributed by atoms with E-state index < -0.39 is 0 Å². The molecule has 0 spiro atoms. The fourth-order valence-corrected chi connectivity index (χ4v) is 12.8. The minimum absolute atomic E-state index is 0.0720. The van der Waals surface area contributed by atoms with E-state index in [2.05, 4.69) is 310 Å². The van der Waals surface area contributed by atoms with Crippen molar-refractivity contribution in [2.75, 3.05) is 0 Å². The minimum atomic E-state index is -0.0720. The number of hydrogen-bond acceptors (Lipinski definition) is 2. The molecule has 0 bridgehead atoms. The molecule has 0 aliphatic rings. The molecule has 15 rings (SSSR count). The Morgan fingerprint density at radius 1 is 0.265 bits per heavy atom. The second kappa shape index (κ2) is 19.3. The Bertz CT molecular complexity index is 4630. The van der Waals surface area contributed by atoms with Crippen LogP contribution in [0, 0.1) is 0 Å². The van der Waals surface area contributed by atoms with Crippen LogP contribution in [0.5, 0.6) is 0 Å². The van der Waals surface area contributed by atoms with Crippen molar-refractivity contribution < 1.29 is 0 Å². The summed E-state index contributed by atoms with van der Waals surface area (Å²) >= 11 is 0. The Morgan fingerprint density at radius 3 is 1.05 bits per heavy atom. The smallest absolute Gasteiger partial charge is 0.160 e. The summed E-state index contributed by atoms with van der Waals surface area (Å²) in [5, 5.41) is 7.36. The molecule has 398 valence electrons. The monoisotopic (exact) mass is 1070 g/mol. The van der Waals surface area contributed by atoms with Crippen molar-refractivity contribution in [3.8, 4) is 73.2 Å². The van der Waals surface area contributed by atoms with E-state index in [1.165, 1.54) is 43.4 Å². The Hall–Kier alpha value is -10.1. The van der Waals surface area contributed by atoms with Crippen molar-refractivity contribution in [1.82, 2.24) is 23.7 Å². The molecule has 4 aromatic heterocycles. The Balaban J connectivity index is 1.10. The number of rotatable bonds is 8. The topological polar surface area (TPSA) is 40.6 Å². The highest BCUT2D eigenvalue weighted by atomic mass is 15.0. The molecule has 0 N–H and O–H groups in total. The fourth-order valence-electron chi connectivity index (χ4n) is 12.8. The maximum Gasteiger partial charge on any atom is 0.160 e. The Morgan fingerprint density at radius 2 is 0.627 bits per heavy atom. The zero-order valence-corrected chi connectivity index (χ0v) is 47.6. The average molecular weight is 1070 g/mol. The third kappa shape index (κ3) is 8.45.